The lowest BCUT2D eigenvalue weighted by molar-refractivity contribution is -0.107. The van der Waals surface area contributed by atoms with Gasteiger partial charge in [0, 0.05) is 12.1 Å². The summed E-state index contributed by atoms with van der Waals surface area (Å²) in [6, 6.07) is 3.15. The molecule has 2 nitrogen and oxygen atoms in total. The van der Waals surface area contributed by atoms with Crippen LogP contribution in [-0.2, 0) is 11.2 Å². The average molecular weight is 204 g/mol. The second-order valence-corrected chi connectivity index (χ2v) is 3.15. The van der Waals surface area contributed by atoms with Crippen LogP contribution in [-0.4, -0.2) is 6.29 Å². The van der Waals surface area contributed by atoms with Gasteiger partial charge in [0.05, 0.1) is 10.0 Å². The highest BCUT2D eigenvalue weighted by molar-refractivity contribution is 6.42. The predicted octanol–water partition coefficient (Wildman–Crippen LogP) is 2.32. The molecule has 1 aromatic rings. The zero-order chi connectivity index (χ0) is 9.14. The van der Waals surface area contributed by atoms with E-state index in [-0.39, 0.29) is 6.42 Å². The van der Waals surface area contributed by atoms with Gasteiger partial charge in [-0.1, -0.05) is 23.2 Å². The Morgan fingerprint density at radius 3 is 2.50 bits per heavy atom. The number of nitrogens with two attached hydrogens (primary N) is 1. The topological polar surface area (TPSA) is 43.1 Å². The molecule has 0 spiro atoms. The van der Waals surface area contributed by atoms with Crippen molar-refractivity contribution >= 4 is 35.2 Å². The van der Waals surface area contributed by atoms with E-state index in [1.807, 2.05) is 0 Å². The molecule has 0 aliphatic carbocycles. The molecule has 0 fully saturated rings. The highest BCUT2D eigenvalue weighted by Crippen LogP contribution is 2.27. The van der Waals surface area contributed by atoms with Crippen molar-refractivity contribution in [1.29, 1.82) is 0 Å². The Hall–Kier alpha value is -0.730. The number of aldehydes is 1. The zero-order valence-corrected chi connectivity index (χ0v) is 7.69. The lowest BCUT2D eigenvalue weighted by atomic mass is 10.1. The van der Waals surface area contributed by atoms with Gasteiger partial charge in [0.1, 0.15) is 6.29 Å². The van der Waals surface area contributed by atoms with Crippen LogP contribution < -0.4 is 5.73 Å². The fourth-order valence-electron chi connectivity index (χ4n) is 0.870. The second-order valence-electron chi connectivity index (χ2n) is 2.34. The fraction of sp³-hybridized carbons (Fsp3) is 0.125. The second kappa shape index (κ2) is 3.78. The summed E-state index contributed by atoms with van der Waals surface area (Å²) in [7, 11) is 0. The van der Waals surface area contributed by atoms with Gasteiger partial charge in [-0.25, -0.2) is 0 Å². The number of carbonyl (C=O) groups excluding carboxylic acids is 1. The Bertz CT molecular complexity index is 312. The molecular formula is C8H7Cl2NO. The molecule has 2 N–H and O–H groups in total. The van der Waals surface area contributed by atoms with Crippen molar-refractivity contribution in [1.82, 2.24) is 0 Å². The van der Waals surface area contributed by atoms with Crippen LogP contribution in [0.5, 0.6) is 0 Å². The highest BCUT2D eigenvalue weighted by atomic mass is 35.5. The number of nitrogen functional groups attached to an aromatic ring is 1. The maximum atomic E-state index is 10.2. The molecule has 0 unspecified atom stereocenters. The summed E-state index contributed by atoms with van der Waals surface area (Å²) in [4.78, 5) is 10.2. The van der Waals surface area contributed by atoms with Gasteiger partial charge in [-0.2, -0.15) is 0 Å². The van der Waals surface area contributed by atoms with Crippen LogP contribution in [0.15, 0.2) is 12.1 Å². The van der Waals surface area contributed by atoms with Crippen molar-refractivity contribution in [2.45, 2.75) is 6.42 Å². The van der Waals surface area contributed by atoms with Gasteiger partial charge in [0.25, 0.3) is 0 Å². The molecule has 64 valence electrons. The van der Waals surface area contributed by atoms with Crippen LogP contribution in [0.1, 0.15) is 5.56 Å². The normalized spacial score (nSPS) is 9.83. The van der Waals surface area contributed by atoms with Crippen molar-refractivity contribution in [2.75, 3.05) is 5.73 Å². The third-order valence-corrected chi connectivity index (χ3v) is 2.21. The van der Waals surface area contributed by atoms with E-state index in [1.54, 1.807) is 12.1 Å². The van der Waals surface area contributed by atoms with Crippen molar-refractivity contribution < 1.29 is 4.79 Å². The summed E-state index contributed by atoms with van der Waals surface area (Å²) in [5, 5.41) is 0.825. The average Bonchev–Trinajstić information content (AvgIpc) is 2.01. The van der Waals surface area contributed by atoms with E-state index in [0.717, 1.165) is 6.29 Å². The van der Waals surface area contributed by atoms with Crippen LogP contribution in [0.2, 0.25) is 10.0 Å². The van der Waals surface area contributed by atoms with Crippen molar-refractivity contribution in [3.8, 4) is 0 Å². The largest absolute Gasteiger partial charge is 0.398 e. The Morgan fingerprint density at radius 1 is 1.33 bits per heavy atom. The minimum Gasteiger partial charge on any atom is -0.398 e. The molecule has 0 bridgehead atoms. The summed E-state index contributed by atoms with van der Waals surface area (Å²) in [6.45, 7) is 0. The first kappa shape index (κ1) is 9.36. The van der Waals surface area contributed by atoms with E-state index in [9.17, 15) is 4.79 Å². The number of rotatable bonds is 2. The van der Waals surface area contributed by atoms with Crippen LogP contribution in [0.25, 0.3) is 0 Å². The maximum Gasteiger partial charge on any atom is 0.124 e. The molecule has 1 aromatic carbocycles. The van der Waals surface area contributed by atoms with Crippen LogP contribution in [0, 0.1) is 0 Å². The van der Waals surface area contributed by atoms with E-state index in [1.165, 1.54) is 0 Å². The molecule has 4 heteroatoms. The van der Waals surface area contributed by atoms with E-state index in [4.69, 9.17) is 28.9 Å². The smallest absolute Gasteiger partial charge is 0.124 e. The third kappa shape index (κ3) is 1.90. The van der Waals surface area contributed by atoms with Gasteiger partial charge in [0.2, 0.25) is 0 Å². The first-order chi connectivity index (χ1) is 5.65. The SMILES string of the molecule is Nc1cc(Cl)c(Cl)cc1CC=O. The summed E-state index contributed by atoms with van der Waals surface area (Å²) in [5.74, 6) is 0. The van der Waals surface area contributed by atoms with Crippen molar-refractivity contribution in [3.63, 3.8) is 0 Å². The number of anilines is 1. The molecule has 0 saturated carbocycles. The number of halogens is 2. The first-order valence-corrected chi connectivity index (χ1v) is 4.07. The first-order valence-electron chi connectivity index (χ1n) is 3.32. The molecule has 0 heterocycles. The van der Waals surface area contributed by atoms with Gasteiger partial charge in [-0.3, -0.25) is 0 Å². The minimum atomic E-state index is 0.267. The highest BCUT2D eigenvalue weighted by Gasteiger charge is 2.03. The molecule has 0 aromatic heterocycles. The quantitative estimate of drug-likeness (QED) is 0.593. The lowest BCUT2D eigenvalue weighted by Gasteiger charge is -2.03. The number of carbonyl (C=O) groups is 1. The van der Waals surface area contributed by atoms with Gasteiger partial charge < -0.3 is 10.5 Å². The molecule has 0 saturated heterocycles. The monoisotopic (exact) mass is 203 g/mol. The minimum absolute atomic E-state index is 0.267. The maximum absolute atomic E-state index is 10.2. The van der Waals surface area contributed by atoms with Crippen molar-refractivity contribution in [2.24, 2.45) is 0 Å². The Labute approximate surface area is 80.3 Å². The van der Waals surface area contributed by atoms with Gasteiger partial charge in [-0.05, 0) is 17.7 Å². The summed E-state index contributed by atoms with van der Waals surface area (Å²) in [5.41, 5.74) is 6.78. The van der Waals surface area contributed by atoms with E-state index >= 15 is 0 Å². The summed E-state index contributed by atoms with van der Waals surface area (Å²) >= 11 is 11.4. The predicted molar refractivity (Wildman–Crippen MR) is 50.6 cm³/mol. The van der Waals surface area contributed by atoms with Crippen LogP contribution in [0.3, 0.4) is 0 Å². The Balaban J connectivity index is 3.13. The zero-order valence-electron chi connectivity index (χ0n) is 6.18. The Kier molecular flexibility index (Phi) is 2.95. The van der Waals surface area contributed by atoms with E-state index in [0.29, 0.717) is 21.3 Å². The third-order valence-electron chi connectivity index (χ3n) is 1.49. The summed E-state index contributed by atoms with van der Waals surface area (Å²) in [6.07, 6.45) is 1.04. The standard InChI is InChI=1S/C8H7Cl2NO/c9-6-3-5(1-2-12)8(11)4-7(6)10/h2-4H,1,11H2. The lowest BCUT2D eigenvalue weighted by Crippen LogP contribution is -1.95. The molecule has 0 radical (unpaired) electrons. The summed E-state index contributed by atoms with van der Waals surface area (Å²) < 4.78 is 0. The fourth-order valence-corrected chi connectivity index (χ4v) is 1.23. The van der Waals surface area contributed by atoms with Crippen molar-refractivity contribution in [3.05, 3.63) is 27.7 Å². The van der Waals surface area contributed by atoms with E-state index in [2.05, 4.69) is 0 Å². The number of hydrogen-bond acceptors (Lipinski definition) is 2. The van der Waals surface area contributed by atoms with Gasteiger partial charge in [-0.15, -0.1) is 0 Å². The molecule has 12 heavy (non-hydrogen) atoms. The van der Waals surface area contributed by atoms with Gasteiger partial charge >= 0.3 is 0 Å². The molecular weight excluding hydrogens is 197 g/mol. The van der Waals surface area contributed by atoms with Crippen LogP contribution >= 0.6 is 23.2 Å². The number of benzene rings is 1. The molecule has 0 aliphatic rings. The molecule has 0 atom stereocenters. The van der Waals surface area contributed by atoms with E-state index < -0.39 is 0 Å². The van der Waals surface area contributed by atoms with Gasteiger partial charge in [0.15, 0.2) is 0 Å². The number of hydrogen-bond donors (Lipinski definition) is 1. The molecule has 0 amide bonds. The molecule has 0 aliphatic heterocycles. The Morgan fingerprint density at radius 2 is 1.92 bits per heavy atom. The molecule has 1 rings (SSSR count). The van der Waals surface area contributed by atoms with Crippen LogP contribution in [0.4, 0.5) is 5.69 Å².